The minimum absolute atomic E-state index is 0.112. The Labute approximate surface area is 224 Å². The maximum absolute atomic E-state index is 12.2. The van der Waals surface area contributed by atoms with Crippen molar-refractivity contribution in [2.45, 2.75) is 71.5 Å². The number of alkyl carbamates (subject to hydrolysis) is 2. The predicted molar refractivity (Wildman–Crippen MR) is 144 cm³/mol. The summed E-state index contributed by atoms with van der Waals surface area (Å²) in [7, 11) is 0. The average Bonchev–Trinajstić information content (AvgIpc) is 2.86. The van der Waals surface area contributed by atoms with E-state index in [1.54, 1.807) is 20.8 Å². The maximum atomic E-state index is 12.2. The molecule has 0 aliphatic rings. The van der Waals surface area contributed by atoms with Gasteiger partial charge in [-0.1, -0.05) is 54.3 Å². The molecule has 2 aromatic rings. The molecule has 0 heterocycles. The number of ether oxygens (including phenoxy) is 3. The number of benzene rings is 2. The third-order valence-electron chi connectivity index (χ3n) is 5.20. The molecule has 0 saturated carbocycles. The summed E-state index contributed by atoms with van der Waals surface area (Å²) in [6.07, 6.45) is -1.06. The highest BCUT2D eigenvalue weighted by Crippen LogP contribution is 2.13. The van der Waals surface area contributed by atoms with E-state index in [0.29, 0.717) is 13.0 Å². The Morgan fingerprint density at radius 2 is 1.61 bits per heavy atom. The molecule has 9 nitrogen and oxygen atoms in total. The van der Waals surface area contributed by atoms with Crippen LogP contribution >= 0.6 is 0 Å². The van der Waals surface area contributed by atoms with E-state index in [-0.39, 0.29) is 19.6 Å². The van der Waals surface area contributed by atoms with Crippen LogP contribution in [0.1, 0.15) is 57.2 Å². The number of nitrogens with one attached hydrogen (secondary N) is 2. The molecule has 0 radical (unpaired) electrons. The Hall–Kier alpha value is -4.03. The number of amides is 3. The van der Waals surface area contributed by atoms with Gasteiger partial charge in [-0.15, -0.1) is 0 Å². The van der Waals surface area contributed by atoms with Gasteiger partial charge < -0.3 is 30.6 Å². The molecule has 0 aromatic heterocycles. The first-order valence-corrected chi connectivity index (χ1v) is 12.4. The van der Waals surface area contributed by atoms with Gasteiger partial charge in [0.15, 0.2) is 0 Å². The molecule has 0 spiro atoms. The minimum Gasteiger partial charge on any atom is -0.445 e. The standard InChI is InChI=1S/C29H37N3O6/c1-21(25(16-17-26(30)33)32-28(35)38-29(2,3)4)36-19-24-14-12-22(13-15-24)11-8-18-31-27(34)37-20-23-9-6-5-7-10-23/h5-7,9-10,12-15,21,25H,16-20H2,1-4H3,(H2,30,33)(H,31,34)(H,32,35)/t21-,25+/m1/s1. The summed E-state index contributed by atoms with van der Waals surface area (Å²) >= 11 is 0. The Morgan fingerprint density at radius 1 is 0.947 bits per heavy atom. The van der Waals surface area contributed by atoms with Crippen molar-refractivity contribution in [3.05, 3.63) is 71.3 Å². The van der Waals surface area contributed by atoms with Crippen LogP contribution in [-0.2, 0) is 32.2 Å². The van der Waals surface area contributed by atoms with Gasteiger partial charge >= 0.3 is 12.2 Å². The van der Waals surface area contributed by atoms with E-state index in [1.165, 1.54) is 0 Å². The van der Waals surface area contributed by atoms with Gasteiger partial charge in [-0.25, -0.2) is 9.59 Å². The molecule has 4 N–H and O–H groups in total. The molecule has 204 valence electrons. The number of hydrogen-bond donors (Lipinski definition) is 3. The van der Waals surface area contributed by atoms with Gasteiger partial charge in [0.1, 0.15) is 12.2 Å². The summed E-state index contributed by atoms with van der Waals surface area (Å²) in [5.41, 5.74) is 7.25. The lowest BCUT2D eigenvalue weighted by Crippen LogP contribution is -2.45. The quantitative estimate of drug-likeness (QED) is 0.382. The van der Waals surface area contributed by atoms with E-state index in [0.717, 1.165) is 16.7 Å². The topological polar surface area (TPSA) is 129 Å². The van der Waals surface area contributed by atoms with Crippen molar-refractivity contribution in [3.63, 3.8) is 0 Å². The van der Waals surface area contributed by atoms with Crippen molar-refractivity contribution in [1.82, 2.24) is 10.6 Å². The zero-order chi connectivity index (χ0) is 28.0. The second-order valence-electron chi connectivity index (χ2n) is 9.69. The van der Waals surface area contributed by atoms with Gasteiger partial charge in [-0.2, -0.15) is 0 Å². The van der Waals surface area contributed by atoms with E-state index in [1.807, 2.05) is 61.5 Å². The fraction of sp³-hybridized carbons (Fsp3) is 0.414. The molecular weight excluding hydrogens is 486 g/mol. The Bertz CT molecular complexity index is 1100. The fourth-order valence-electron chi connectivity index (χ4n) is 3.25. The van der Waals surface area contributed by atoms with Crippen LogP contribution in [0.25, 0.3) is 0 Å². The van der Waals surface area contributed by atoms with Crippen LogP contribution in [-0.4, -0.2) is 42.4 Å². The van der Waals surface area contributed by atoms with Gasteiger partial charge in [0.05, 0.1) is 25.3 Å². The molecule has 38 heavy (non-hydrogen) atoms. The van der Waals surface area contributed by atoms with E-state index >= 15 is 0 Å². The van der Waals surface area contributed by atoms with Gasteiger partial charge in [-0.05, 0) is 57.4 Å². The predicted octanol–water partition coefficient (Wildman–Crippen LogP) is 4.03. The molecule has 0 aliphatic carbocycles. The number of carbonyl (C=O) groups is 3. The number of carbonyl (C=O) groups excluding carboxylic acids is 3. The number of hydrogen-bond acceptors (Lipinski definition) is 6. The lowest BCUT2D eigenvalue weighted by molar-refractivity contribution is -0.118. The van der Waals surface area contributed by atoms with Crippen molar-refractivity contribution in [3.8, 4) is 11.8 Å². The van der Waals surface area contributed by atoms with Crippen molar-refractivity contribution in [2.75, 3.05) is 6.54 Å². The molecule has 2 atom stereocenters. The molecule has 0 aliphatic heterocycles. The van der Waals surface area contributed by atoms with E-state index in [9.17, 15) is 14.4 Å². The number of nitrogens with two attached hydrogens (primary N) is 1. The summed E-state index contributed by atoms with van der Waals surface area (Å²) in [6.45, 7) is 7.80. The third-order valence-corrected chi connectivity index (χ3v) is 5.20. The van der Waals surface area contributed by atoms with Crippen molar-refractivity contribution >= 4 is 18.1 Å². The van der Waals surface area contributed by atoms with Crippen LogP contribution < -0.4 is 16.4 Å². The minimum atomic E-state index is -0.644. The Morgan fingerprint density at radius 3 is 2.24 bits per heavy atom. The first-order chi connectivity index (χ1) is 18.0. The van der Waals surface area contributed by atoms with Gasteiger partial charge in [-0.3, -0.25) is 4.79 Å². The van der Waals surface area contributed by atoms with Crippen molar-refractivity contribution in [1.29, 1.82) is 0 Å². The first kappa shape index (κ1) is 30.2. The lowest BCUT2D eigenvalue weighted by atomic mass is 10.1. The lowest BCUT2D eigenvalue weighted by Gasteiger charge is -2.27. The summed E-state index contributed by atoms with van der Waals surface area (Å²) in [5, 5.41) is 5.37. The molecule has 0 bridgehead atoms. The summed E-state index contributed by atoms with van der Waals surface area (Å²) < 4.78 is 16.4. The van der Waals surface area contributed by atoms with E-state index in [2.05, 4.69) is 22.5 Å². The number of rotatable bonds is 11. The van der Waals surface area contributed by atoms with Crippen molar-refractivity contribution < 1.29 is 28.6 Å². The third kappa shape index (κ3) is 12.8. The van der Waals surface area contributed by atoms with Crippen LogP contribution in [0, 0.1) is 11.8 Å². The van der Waals surface area contributed by atoms with Crippen LogP contribution in [0.15, 0.2) is 54.6 Å². The zero-order valence-corrected chi connectivity index (χ0v) is 22.4. The summed E-state index contributed by atoms with van der Waals surface area (Å²) in [4.78, 5) is 35.3. The van der Waals surface area contributed by atoms with Crippen LogP contribution in [0.5, 0.6) is 0 Å². The first-order valence-electron chi connectivity index (χ1n) is 12.4. The van der Waals surface area contributed by atoms with Gasteiger partial charge in [0.25, 0.3) is 0 Å². The van der Waals surface area contributed by atoms with Crippen LogP contribution in [0.4, 0.5) is 9.59 Å². The molecular formula is C29H37N3O6. The van der Waals surface area contributed by atoms with Crippen molar-refractivity contribution in [2.24, 2.45) is 5.73 Å². The fourth-order valence-corrected chi connectivity index (χ4v) is 3.25. The second-order valence-corrected chi connectivity index (χ2v) is 9.69. The molecule has 0 fully saturated rings. The Kier molecular flexibility index (Phi) is 12.1. The SMILES string of the molecule is C[C@@H](OCc1ccc(C#CCNC(=O)OCc2ccccc2)cc1)[C@H](CCC(N)=O)NC(=O)OC(C)(C)C. The Balaban J connectivity index is 1.80. The highest BCUT2D eigenvalue weighted by atomic mass is 16.6. The number of primary amides is 1. The van der Waals surface area contributed by atoms with E-state index in [4.69, 9.17) is 19.9 Å². The van der Waals surface area contributed by atoms with Gasteiger partial charge in [0, 0.05) is 12.0 Å². The van der Waals surface area contributed by atoms with Crippen LogP contribution in [0.3, 0.4) is 0 Å². The molecule has 2 rings (SSSR count). The molecule has 0 unspecified atom stereocenters. The highest BCUT2D eigenvalue weighted by Gasteiger charge is 2.24. The summed E-state index contributed by atoms with van der Waals surface area (Å²) in [6, 6.07) is 16.5. The zero-order valence-electron chi connectivity index (χ0n) is 22.4. The molecule has 0 saturated heterocycles. The average molecular weight is 524 g/mol. The largest absolute Gasteiger partial charge is 0.445 e. The second kappa shape index (κ2) is 15.3. The summed E-state index contributed by atoms with van der Waals surface area (Å²) in [5.74, 6) is 5.42. The molecule has 2 aromatic carbocycles. The van der Waals surface area contributed by atoms with Crippen LogP contribution in [0.2, 0.25) is 0 Å². The molecule has 9 heteroatoms. The maximum Gasteiger partial charge on any atom is 0.408 e. The smallest absolute Gasteiger partial charge is 0.408 e. The van der Waals surface area contributed by atoms with Gasteiger partial charge in [0.2, 0.25) is 5.91 Å². The normalized spacial score (nSPS) is 12.3. The highest BCUT2D eigenvalue weighted by molar-refractivity contribution is 5.74. The monoisotopic (exact) mass is 523 g/mol. The molecule has 3 amide bonds. The van der Waals surface area contributed by atoms with E-state index < -0.39 is 35.8 Å².